The fourth-order valence-corrected chi connectivity index (χ4v) is 5.68. The first kappa shape index (κ1) is 30.3. The van der Waals surface area contributed by atoms with Crippen LogP contribution < -0.4 is 14.4 Å². The maximum absolute atomic E-state index is 13.2. The SMILES string of the molecule is CN1CCN(CCCCCOc2cccc(N3C(=O)S/C(=C\c4ccc(Oc5ccc([N+](=O)[O-])cc5)cc4)C3=O)c2)CC1. The molecule has 2 aliphatic heterocycles. The van der Waals surface area contributed by atoms with Crippen molar-refractivity contribution in [2.24, 2.45) is 0 Å². The summed E-state index contributed by atoms with van der Waals surface area (Å²) in [7, 11) is 2.17. The lowest BCUT2D eigenvalue weighted by Crippen LogP contribution is -2.44. The number of likely N-dealkylation sites (N-methyl/N-ethyl adjacent to an activating group) is 1. The van der Waals surface area contributed by atoms with Gasteiger partial charge >= 0.3 is 0 Å². The molecule has 3 aromatic rings. The first-order valence-electron chi connectivity index (χ1n) is 14.3. The van der Waals surface area contributed by atoms with E-state index in [0.29, 0.717) is 34.4 Å². The highest BCUT2D eigenvalue weighted by molar-refractivity contribution is 8.19. The van der Waals surface area contributed by atoms with Crippen LogP contribution in [0.4, 0.5) is 16.2 Å². The number of hydrogen-bond donors (Lipinski definition) is 0. The number of piperazine rings is 1. The maximum atomic E-state index is 13.2. The number of nitro groups is 1. The monoisotopic (exact) mass is 602 g/mol. The molecular formula is C32H34N4O6S. The number of carbonyl (C=O) groups excluding carboxylic acids is 2. The number of carbonyl (C=O) groups is 2. The highest BCUT2D eigenvalue weighted by Crippen LogP contribution is 2.37. The van der Waals surface area contributed by atoms with Crippen molar-refractivity contribution in [3.05, 3.63) is 93.4 Å². The van der Waals surface area contributed by atoms with Gasteiger partial charge in [0.2, 0.25) is 0 Å². The van der Waals surface area contributed by atoms with Gasteiger partial charge in [0.15, 0.2) is 0 Å². The standard InChI is InChI=1S/C32H34N4O6S/c1-33-17-19-34(20-18-33)16-3-2-4-21-41-29-7-5-6-26(23-29)35-31(37)30(43-32(35)38)22-24-8-12-27(13-9-24)42-28-14-10-25(11-15-28)36(39)40/h5-15,22-23H,2-4,16-21H2,1H3/b30-22-. The van der Waals surface area contributed by atoms with E-state index in [1.807, 2.05) is 6.07 Å². The highest BCUT2D eigenvalue weighted by Gasteiger charge is 2.36. The van der Waals surface area contributed by atoms with Gasteiger partial charge < -0.3 is 19.3 Å². The zero-order chi connectivity index (χ0) is 30.2. The Morgan fingerprint density at radius 2 is 1.58 bits per heavy atom. The van der Waals surface area contributed by atoms with Gasteiger partial charge in [-0.3, -0.25) is 19.7 Å². The molecule has 0 atom stereocenters. The van der Waals surface area contributed by atoms with E-state index >= 15 is 0 Å². The van der Waals surface area contributed by atoms with Crippen LogP contribution in [0.3, 0.4) is 0 Å². The second-order valence-corrected chi connectivity index (χ2v) is 11.5. The Bertz CT molecular complexity index is 1470. The summed E-state index contributed by atoms with van der Waals surface area (Å²) in [5.74, 6) is 1.24. The Morgan fingerprint density at radius 1 is 0.884 bits per heavy atom. The van der Waals surface area contributed by atoms with Crippen LogP contribution in [-0.4, -0.2) is 72.2 Å². The van der Waals surface area contributed by atoms with Crippen molar-refractivity contribution in [2.75, 3.05) is 51.3 Å². The van der Waals surface area contributed by atoms with E-state index in [4.69, 9.17) is 9.47 Å². The van der Waals surface area contributed by atoms with Crippen LogP contribution in [0.15, 0.2) is 77.7 Å². The quantitative estimate of drug-likeness (QED) is 0.100. The van der Waals surface area contributed by atoms with Crippen LogP contribution in [0, 0.1) is 10.1 Å². The van der Waals surface area contributed by atoms with Gasteiger partial charge in [-0.1, -0.05) is 18.2 Å². The Labute approximate surface area is 255 Å². The first-order chi connectivity index (χ1) is 20.9. The number of nitrogens with zero attached hydrogens (tertiary/aromatic N) is 4. The number of benzene rings is 3. The lowest BCUT2D eigenvalue weighted by molar-refractivity contribution is -0.384. The second-order valence-electron chi connectivity index (χ2n) is 10.5. The summed E-state index contributed by atoms with van der Waals surface area (Å²) in [6.45, 7) is 6.24. The smallest absolute Gasteiger partial charge is 0.298 e. The number of imide groups is 1. The lowest BCUT2D eigenvalue weighted by Gasteiger charge is -2.32. The molecule has 224 valence electrons. The average Bonchev–Trinajstić information content (AvgIpc) is 3.29. The topological polar surface area (TPSA) is 105 Å². The number of amides is 2. The molecule has 2 heterocycles. The van der Waals surface area contributed by atoms with Crippen molar-refractivity contribution in [1.82, 2.24) is 9.80 Å². The molecule has 0 spiro atoms. The molecule has 0 unspecified atom stereocenters. The Hall–Kier alpha value is -4.19. The maximum Gasteiger partial charge on any atom is 0.298 e. The number of thioether (sulfide) groups is 1. The van der Waals surface area contributed by atoms with E-state index in [9.17, 15) is 19.7 Å². The van der Waals surface area contributed by atoms with E-state index in [1.165, 1.54) is 29.2 Å². The molecule has 0 saturated carbocycles. The molecule has 10 nitrogen and oxygen atoms in total. The molecule has 2 aliphatic rings. The van der Waals surface area contributed by atoms with Gasteiger partial charge in [0, 0.05) is 44.4 Å². The average molecular weight is 603 g/mol. The molecule has 11 heteroatoms. The van der Waals surface area contributed by atoms with Crippen LogP contribution >= 0.6 is 11.8 Å². The molecule has 2 saturated heterocycles. The van der Waals surface area contributed by atoms with Crippen molar-refractivity contribution in [1.29, 1.82) is 0 Å². The first-order valence-corrected chi connectivity index (χ1v) is 15.1. The molecule has 0 bridgehead atoms. The molecule has 2 amide bonds. The number of hydrogen-bond acceptors (Lipinski definition) is 9. The second kappa shape index (κ2) is 14.3. The molecule has 43 heavy (non-hydrogen) atoms. The van der Waals surface area contributed by atoms with Crippen LogP contribution in [0.5, 0.6) is 17.2 Å². The minimum absolute atomic E-state index is 0.0153. The fraction of sp³-hybridized carbons (Fsp3) is 0.312. The normalized spacial score (nSPS) is 17.0. The number of anilines is 1. The van der Waals surface area contributed by atoms with Crippen LogP contribution in [0.1, 0.15) is 24.8 Å². The summed E-state index contributed by atoms with van der Waals surface area (Å²) in [5, 5.41) is 10.5. The van der Waals surface area contributed by atoms with E-state index in [0.717, 1.165) is 69.3 Å². The van der Waals surface area contributed by atoms with Gasteiger partial charge in [-0.25, -0.2) is 4.90 Å². The number of rotatable bonds is 12. The molecule has 0 radical (unpaired) electrons. The van der Waals surface area contributed by atoms with E-state index in [-0.39, 0.29) is 16.8 Å². The third kappa shape index (κ3) is 8.22. The van der Waals surface area contributed by atoms with Crippen molar-refractivity contribution in [3.63, 3.8) is 0 Å². The summed E-state index contributed by atoms with van der Waals surface area (Å²) in [4.78, 5) is 42.7. The van der Waals surface area contributed by atoms with Crippen molar-refractivity contribution < 1.29 is 24.0 Å². The number of ether oxygens (including phenoxy) is 2. The summed E-state index contributed by atoms with van der Waals surface area (Å²) in [5.41, 5.74) is 1.19. The molecule has 2 fully saturated rings. The largest absolute Gasteiger partial charge is 0.494 e. The van der Waals surface area contributed by atoms with Gasteiger partial charge in [-0.15, -0.1) is 0 Å². The zero-order valence-electron chi connectivity index (χ0n) is 24.0. The number of non-ortho nitro benzene ring substituents is 1. The zero-order valence-corrected chi connectivity index (χ0v) is 24.8. The molecule has 0 N–H and O–H groups in total. The van der Waals surface area contributed by atoms with Gasteiger partial charge in [0.1, 0.15) is 17.2 Å². The minimum Gasteiger partial charge on any atom is -0.494 e. The fourth-order valence-electron chi connectivity index (χ4n) is 4.83. The summed E-state index contributed by atoms with van der Waals surface area (Å²) in [6.07, 6.45) is 4.85. The minimum atomic E-state index is -0.469. The number of unbranched alkanes of at least 4 members (excludes halogenated alkanes) is 2. The molecule has 5 rings (SSSR count). The van der Waals surface area contributed by atoms with E-state index in [2.05, 4.69) is 16.8 Å². The molecular weight excluding hydrogens is 568 g/mol. The van der Waals surface area contributed by atoms with Gasteiger partial charge in [0.05, 0.1) is 22.1 Å². The Morgan fingerprint density at radius 3 is 2.28 bits per heavy atom. The summed E-state index contributed by atoms with van der Waals surface area (Å²) in [6, 6.07) is 19.9. The van der Waals surface area contributed by atoms with E-state index < -0.39 is 4.92 Å². The summed E-state index contributed by atoms with van der Waals surface area (Å²) < 4.78 is 11.7. The number of nitro benzene ring substituents is 1. The van der Waals surface area contributed by atoms with E-state index in [1.54, 1.807) is 48.5 Å². The third-order valence-corrected chi connectivity index (χ3v) is 8.18. The molecule has 0 aliphatic carbocycles. The molecule has 3 aromatic carbocycles. The third-order valence-electron chi connectivity index (χ3n) is 7.31. The van der Waals surface area contributed by atoms with Gasteiger partial charge in [0.25, 0.3) is 16.8 Å². The van der Waals surface area contributed by atoms with Crippen molar-refractivity contribution in [3.8, 4) is 17.2 Å². The van der Waals surface area contributed by atoms with Crippen LogP contribution in [0.25, 0.3) is 6.08 Å². The molecule has 0 aromatic heterocycles. The van der Waals surface area contributed by atoms with Crippen LogP contribution in [-0.2, 0) is 4.79 Å². The predicted molar refractivity (Wildman–Crippen MR) is 168 cm³/mol. The van der Waals surface area contributed by atoms with Gasteiger partial charge in [-0.05, 0) is 92.7 Å². The Kier molecular flexibility index (Phi) is 10.1. The lowest BCUT2D eigenvalue weighted by atomic mass is 10.2. The van der Waals surface area contributed by atoms with Gasteiger partial charge in [-0.2, -0.15) is 0 Å². The Balaban J connectivity index is 1.12. The predicted octanol–water partition coefficient (Wildman–Crippen LogP) is 6.42. The van der Waals surface area contributed by atoms with Crippen molar-refractivity contribution >= 4 is 40.4 Å². The van der Waals surface area contributed by atoms with Crippen LogP contribution in [0.2, 0.25) is 0 Å². The van der Waals surface area contributed by atoms with Crippen molar-refractivity contribution in [2.45, 2.75) is 19.3 Å². The summed E-state index contributed by atoms with van der Waals surface area (Å²) >= 11 is 0.891. The highest BCUT2D eigenvalue weighted by atomic mass is 32.2.